The Morgan fingerprint density at radius 1 is 1.14 bits per heavy atom. The van der Waals surface area contributed by atoms with Crippen LogP contribution in [0.15, 0.2) is 54.6 Å². The number of allylic oxidation sites excluding steroid dienone is 1. The van der Waals surface area contributed by atoms with Crippen molar-refractivity contribution in [2.75, 3.05) is 13.2 Å². The van der Waals surface area contributed by atoms with Crippen LogP contribution in [-0.2, 0) is 11.3 Å². The van der Waals surface area contributed by atoms with Crippen LogP contribution in [0.1, 0.15) is 36.5 Å². The number of nitrogens with zero attached hydrogens (tertiary/aromatic N) is 1. The maximum atomic E-state index is 13.2. The molecule has 5 heteroatoms. The van der Waals surface area contributed by atoms with Crippen LogP contribution < -0.4 is 5.32 Å². The summed E-state index contributed by atoms with van der Waals surface area (Å²) in [5.74, 6) is -0.215. The molecule has 0 bridgehead atoms. The van der Waals surface area contributed by atoms with Crippen LogP contribution in [0.2, 0.25) is 0 Å². The first-order valence-corrected chi connectivity index (χ1v) is 9.61. The second-order valence-corrected chi connectivity index (χ2v) is 7.25. The smallest absolute Gasteiger partial charge is 0.216 e. The first kappa shape index (κ1) is 20.2. The number of benzene rings is 2. The number of carbonyl (C=O) groups excluding carboxylic acids is 1. The molecule has 3 atom stereocenters. The van der Waals surface area contributed by atoms with E-state index >= 15 is 0 Å². The van der Waals surface area contributed by atoms with Gasteiger partial charge in [-0.1, -0.05) is 48.6 Å². The molecule has 28 heavy (non-hydrogen) atoms. The van der Waals surface area contributed by atoms with E-state index < -0.39 is 0 Å². The van der Waals surface area contributed by atoms with Gasteiger partial charge in [0.1, 0.15) is 5.82 Å². The van der Waals surface area contributed by atoms with Gasteiger partial charge in [0.05, 0.1) is 6.61 Å². The number of amides is 1. The van der Waals surface area contributed by atoms with E-state index in [2.05, 4.69) is 34.5 Å². The van der Waals surface area contributed by atoms with Crippen LogP contribution in [0.5, 0.6) is 0 Å². The molecular weight excluding hydrogens is 355 g/mol. The van der Waals surface area contributed by atoms with Crippen molar-refractivity contribution in [1.29, 1.82) is 0 Å². The summed E-state index contributed by atoms with van der Waals surface area (Å²) >= 11 is 0. The minimum absolute atomic E-state index is 0.0268. The number of nitrogens with one attached hydrogen (secondary N) is 1. The topological polar surface area (TPSA) is 52.6 Å². The second kappa shape index (κ2) is 9.13. The molecule has 2 N–H and O–H groups in total. The molecule has 148 valence electrons. The first-order chi connectivity index (χ1) is 13.5. The van der Waals surface area contributed by atoms with Gasteiger partial charge in [-0.05, 0) is 35.7 Å². The Labute approximate surface area is 165 Å². The van der Waals surface area contributed by atoms with Gasteiger partial charge in [0, 0.05) is 38.0 Å². The molecule has 2 aromatic carbocycles. The highest BCUT2D eigenvalue weighted by Crippen LogP contribution is 2.41. The molecule has 0 unspecified atom stereocenters. The van der Waals surface area contributed by atoms with E-state index in [4.69, 9.17) is 0 Å². The lowest BCUT2D eigenvalue weighted by Crippen LogP contribution is -2.66. The van der Waals surface area contributed by atoms with Gasteiger partial charge in [0.15, 0.2) is 0 Å². The number of hydrogen-bond acceptors (Lipinski definition) is 3. The normalized spacial score (nSPS) is 22.2. The lowest BCUT2D eigenvalue weighted by molar-refractivity contribution is -0.120. The standard InChI is InChI=1S/C23H27FN2O2/c1-3-4-17-5-9-19(10-6-17)23-21(13-25-16(2)28)26(22(23)15-27)14-18-7-11-20(24)12-8-18/h3-12,21-23,27H,13-15H2,1-2H3,(H,25,28)/b4-3+/t21-,22+,23+/m0/s1. The number of aliphatic hydroxyl groups excluding tert-OH is 1. The van der Waals surface area contributed by atoms with Crippen molar-refractivity contribution in [2.24, 2.45) is 0 Å². The molecule has 1 fully saturated rings. The lowest BCUT2D eigenvalue weighted by atomic mass is 9.74. The van der Waals surface area contributed by atoms with Crippen LogP contribution in [0.25, 0.3) is 6.08 Å². The fourth-order valence-corrected chi connectivity index (χ4v) is 4.03. The third-order valence-corrected chi connectivity index (χ3v) is 5.39. The molecule has 0 radical (unpaired) electrons. The average molecular weight is 382 g/mol. The van der Waals surface area contributed by atoms with E-state index in [-0.39, 0.29) is 36.3 Å². The number of hydrogen-bond donors (Lipinski definition) is 2. The lowest BCUT2D eigenvalue weighted by Gasteiger charge is -2.55. The van der Waals surface area contributed by atoms with Crippen molar-refractivity contribution in [2.45, 2.75) is 38.4 Å². The number of aliphatic hydroxyl groups is 1. The van der Waals surface area contributed by atoms with Crippen LogP contribution in [0, 0.1) is 5.82 Å². The zero-order valence-electron chi connectivity index (χ0n) is 16.3. The highest BCUT2D eigenvalue weighted by atomic mass is 19.1. The summed E-state index contributed by atoms with van der Waals surface area (Å²) in [5.41, 5.74) is 3.26. The summed E-state index contributed by atoms with van der Waals surface area (Å²) in [7, 11) is 0. The Bertz CT molecular complexity index is 818. The van der Waals surface area contributed by atoms with Gasteiger partial charge in [-0.2, -0.15) is 0 Å². The number of carbonyl (C=O) groups is 1. The van der Waals surface area contributed by atoms with Crippen molar-refractivity contribution in [3.05, 3.63) is 77.1 Å². The van der Waals surface area contributed by atoms with Gasteiger partial charge in [0.25, 0.3) is 0 Å². The minimum atomic E-state index is -0.264. The van der Waals surface area contributed by atoms with E-state index in [1.165, 1.54) is 19.1 Å². The van der Waals surface area contributed by atoms with E-state index in [9.17, 15) is 14.3 Å². The van der Waals surface area contributed by atoms with Crippen molar-refractivity contribution >= 4 is 12.0 Å². The van der Waals surface area contributed by atoms with Crippen LogP contribution in [-0.4, -0.2) is 41.1 Å². The molecule has 0 aromatic heterocycles. The van der Waals surface area contributed by atoms with E-state index in [1.54, 1.807) is 12.1 Å². The molecule has 0 saturated carbocycles. The molecule has 3 rings (SSSR count). The van der Waals surface area contributed by atoms with Crippen molar-refractivity contribution in [3.8, 4) is 0 Å². The molecule has 0 spiro atoms. The quantitative estimate of drug-likeness (QED) is 0.772. The summed E-state index contributed by atoms with van der Waals surface area (Å²) in [5, 5.41) is 13.0. The zero-order valence-corrected chi connectivity index (χ0v) is 16.3. The second-order valence-electron chi connectivity index (χ2n) is 7.25. The van der Waals surface area contributed by atoms with Crippen LogP contribution >= 0.6 is 0 Å². The number of likely N-dealkylation sites (tertiary alicyclic amines) is 1. The Kier molecular flexibility index (Phi) is 6.60. The summed E-state index contributed by atoms with van der Waals surface area (Å²) in [6.45, 7) is 4.63. The molecular formula is C23H27FN2O2. The Morgan fingerprint density at radius 2 is 1.82 bits per heavy atom. The number of rotatable bonds is 7. The van der Waals surface area contributed by atoms with Crippen molar-refractivity contribution < 1.29 is 14.3 Å². The molecule has 1 saturated heterocycles. The molecule has 1 amide bonds. The summed E-state index contributed by atoms with van der Waals surface area (Å²) in [4.78, 5) is 13.7. The molecule has 1 heterocycles. The van der Waals surface area contributed by atoms with E-state index in [0.717, 1.165) is 16.7 Å². The van der Waals surface area contributed by atoms with Crippen molar-refractivity contribution in [3.63, 3.8) is 0 Å². The van der Waals surface area contributed by atoms with Crippen molar-refractivity contribution in [1.82, 2.24) is 10.2 Å². The fraction of sp³-hybridized carbons (Fsp3) is 0.348. The molecule has 4 nitrogen and oxygen atoms in total. The molecule has 0 aliphatic carbocycles. The highest BCUT2D eigenvalue weighted by molar-refractivity contribution is 5.72. The van der Waals surface area contributed by atoms with E-state index in [1.807, 2.05) is 19.1 Å². The van der Waals surface area contributed by atoms with E-state index in [0.29, 0.717) is 13.1 Å². The van der Waals surface area contributed by atoms with Gasteiger partial charge in [-0.25, -0.2) is 4.39 Å². The first-order valence-electron chi connectivity index (χ1n) is 9.61. The molecule has 1 aliphatic rings. The van der Waals surface area contributed by atoms with Gasteiger partial charge in [0.2, 0.25) is 5.91 Å². The SMILES string of the molecule is C/C=C/c1ccc([C@H]2[C@@H](CO)N(Cc3ccc(F)cc3)[C@H]2CNC(C)=O)cc1. The highest BCUT2D eigenvalue weighted by Gasteiger charge is 2.48. The predicted octanol–water partition coefficient (Wildman–Crippen LogP) is 3.32. The third kappa shape index (κ3) is 4.49. The van der Waals surface area contributed by atoms with Gasteiger partial charge >= 0.3 is 0 Å². The minimum Gasteiger partial charge on any atom is -0.395 e. The average Bonchev–Trinajstić information content (AvgIpc) is 2.67. The maximum absolute atomic E-state index is 13.2. The van der Waals surface area contributed by atoms with Gasteiger partial charge in [-0.3, -0.25) is 9.69 Å². The Hall–Kier alpha value is -2.50. The zero-order chi connectivity index (χ0) is 20.1. The predicted molar refractivity (Wildman–Crippen MR) is 109 cm³/mol. The summed E-state index contributed by atoms with van der Waals surface area (Å²) in [6, 6.07) is 14.8. The molecule has 1 aliphatic heterocycles. The van der Waals surface area contributed by atoms with Gasteiger partial charge < -0.3 is 10.4 Å². The summed E-state index contributed by atoms with van der Waals surface area (Å²) in [6.07, 6.45) is 4.04. The van der Waals surface area contributed by atoms with Crippen LogP contribution in [0.3, 0.4) is 0 Å². The van der Waals surface area contributed by atoms with Gasteiger partial charge in [-0.15, -0.1) is 0 Å². The monoisotopic (exact) mass is 382 g/mol. The maximum Gasteiger partial charge on any atom is 0.216 e. The number of halogens is 1. The Balaban J connectivity index is 1.82. The largest absolute Gasteiger partial charge is 0.395 e. The fourth-order valence-electron chi connectivity index (χ4n) is 4.03. The van der Waals surface area contributed by atoms with Crippen LogP contribution in [0.4, 0.5) is 4.39 Å². The Morgan fingerprint density at radius 3 is 2.39 bits per heavy atom. The summed E-state index contributed by atoms with van der Waals surface area (Å²) < 4.78 is 13.2. The molecule has 2 aromatic rings. The third-order valence-electron chi connectivity index (χ3n) is 5.39.